The first-order valence-electron chi connectivity index (χ1n) is 9.96. The molecule has 0 unspecified atom stereocenters. The molecule has 3 aromatic heterocycles. The Hall–Kier alpha value is -3.49. The molecule has 0 spiro atoms. The number of ether oxygens (including phenoxy) is 1. The quantitative estimate of drug-likeness (QED) is 0.217. The van der Waals surface area contributed by atoms with Crippen LogP contribution in [-0.4, -0.2) is 52.6 Å². The maximum atomic E-state index is 14.0. The maximum absolute atomic E-state index is 14.0. The summed E-state index contributed by atoms with van der Waals surface area (Å²) in [4.78, 5) is 21.3. The van der Waals surface area contributed by atoms with Crippen LogP contribution < -0.4 is 9.08 Å². The third-order valence-electron chi connectivity index (χ3n) is 5.06. The number of pyridine rings is 1. The summed E-state index contributed by atoms with van der Waals surface area (Å²) in [6.07, 6.45) is 2.70. The number of carbonyl (C=O) groups excluding carboxylic acids is 1. The van der Waals surface area contributed by atoms with Crippen molar-refractivity contribution in [1.82, 2.24) is 19.6 Å². The van der Waals surface area contributed by atoms with Crippen molar-refractivity contribution >= 4 is 27.6 Å². The van der Waals surface area contributed by atoms with Crippen molar-refractivity contribution in [1.29, 1.82) is 0 Å². The first-order valence-corrected chi connectivity index (χ1v) is 11.4. The van der Waals surface area contributed by atoms with Gasteiger partial charge in [-0.3, -0.25) is 0 Å². The fourth-order valence-electron chi connectivity index (χ4n) is 3.63. The molecule has 182 valence electrons. The predicted octanol–water partition coefficient (Wildman–Crippen LogP) is 3.01. The number of alkyl halides is 3. The molecule has 0 N–H and O–H groups in total. The zero-order chi connectivity index (χ0) is 24.7. The minimum atomic E-state index is -6.02. The molecule has 1 aliphatic rings. The lowest BCUT2D eigenvalue weighted by Gasteiger charge is -2.27. The van der Waals surface area contributed by atoms with Crippen LogP contribution in [0.2, 0.25) is 0 Å². The monoisotopic (exact) mass is 503 g/mol. The summed E-state index contributed by atoms with van der Waals surface area (Å²) in [5, 5.41) is 4.39. The van der Waals surface area contributed by atoms with E-state index in [9.17, 15) is 30.8 Å². The van der Waals surface area contributed by atoms with Crippen molar-refractivity contribution < 1.29 is 39.7 Å². The molecular formula is C19H17F4N5O5S. The number of rotatable bonds is 6. The second-order valence-electron chi connectivity index (χ2n) is 7.21. The van der Waals surface area contributed by atoms with E-state index >= 15 is 0 Å². The van der Waals surface area contributed by atoms with Gasteiger partial charge in [-0.2, -0.15) is 21.6 Å². The van der Waals surface area contributed by atoms with E-state index in [1.165, 1.54) is 10.7 Å². The minimum Gasteiger partial charge on any atom is -0.461 e. The Kier molecular flexibility index (Phi) is 6.05. The van der Waals surface area contributed by atoms with Crippen LogP contribution in [0.3, 0.4) is 0 Å². The molecule has 15 heteroatoms. The molecule has 34 heavy (non-hydrogen) atoms. The molecule has 0 bridgehead atoms. The first-order chi connectivity index (χ1) is 16.0. The molecule has 3 aromatic rings. The summed E-state index contributed by atoms with van der Waals surface area (Å²) in [5.41, 5.74) is -5.48. The van der Waals surface area contributed by atoms with Gasteiger partial charge in [-0.1, -0.05) is 0 Å². The van der Waals surface area contributed by atoms with Crippen LogP contribution in [0.5, 0.6) is 5.88 Å². The number of anilines is 1. The number of fused-ring (bicyclic) bond motifs is 1. The maximum Gasteiger partial charge on any atom is 0.534 e. The summed E-state index contributed by atoms with van der Waals surface area (Å²) in [6, 6.07) is 3.20. The van der Waals surface area contributed by atoms with E-state index < -0.39 is 39.3 Å². The van der Waals surface area contributed by atoms with Gasteiger partial charge < -0.3 is 13.8 Å². The summed E-state index contributed by atoms with van der Waals surface area (Å²) >= 11 is 0. The van der Waals surface area contributed by atoms with E-state index in [2.05, 4.69) is 19.2 Å². The van der Waals surface area contributed by atoms with E-state index in [0.717, 1.165) is 6.07 Å². The lowest BCUT2D eigenvalue weighted by molar-refractivity contribution is -0.0501. The molecule has 0 aromatic carbocycles. The van der Waals surface area contributed by atoms with Crippen LogP contribution in [-0.2, 0) is 14.9 Å². The predicted molar refractivity (Wildman–Crippen MR) is 108 cm³/mol. The fraction of sp³-hybridized carbons (Fsp3) is 0.368. The lowest BCUT2D eigenvalue weighted by atomic mass is 10.1. The Balaban J connectivity index is 1.74. The van der Waals surface area contributed by atoms with Gasteiger partial charge >= 0.3 is 21.6 Å². The molecule has 0 amide bonds. The number of esters is 1. The van der Waals surface area contributed by atoms with Crippen molar-refractivity contribution in [2.45, 2.75) is 31.3 Å². The highest BCUT2D eigenvalue weighted by Crippen LogP contribution is 2.40. The second kappa shape index (κ2) is 8.70. The average molecular weight is 503 g/mol. The zero-order valence-electron chi connectivity index (χ0n) is 17.5. The molecule has 10 nitrogen and oxygen atoms in total. The molecule has 0 aliphatic carbocycles. The summed E-state index contributed by atoms with van der Waals surface area (Å²) in [6.45, 7) is 2.13. The number of aromatic nitrogens is 4. The number of hydrogen-bond donors (Lipinski definition) is 0. The minimum absolute atomic E-state index is 0.0576. The van der Waals surface area contributed by atoms with Gasteiger partial charge in [-0.05, 0) is 38.0 Å². The normalized spacial score (nSPS) is 16.7. The van der Waals surface area contributed by atoms with Crippen LogP contribution in [0.25, 0.3) is 5.65 Å². The summed E-state index contributed by atoms with van der Waals surface area (Å²) in [7, 11) is -6.02. The van der Waals surface area contributed by atoms with Gasteiger partial charge in [0.1, 0.15) is 11.6 Å². The van der Waals surface area contributed by atoms with E-state index in [-0.39, 0.29) is 23.7 Å². The number of hydrogen-bond acceptors (Lipinski definition) is 9. The van der Waals surface area contributed by atoms with E-state index in [1.54, 1.807) is 24.0 Å². The van der Waals surface area contributed by atoms with E-state index in [1.807, 2.05) is 0 Å². The molecular weight excluding hydrogens is 486 g/mol. The average Bonchev–Trinajstić information content (AvgIpc) is 3.41. The number of halogens is 4. The van der Waals surface area contributed by atoms with Gasteiger partial charge in [-0.15, -0.1) is 5.10 Å². The SMILES string of the molecule is CCOC(=O)c1cnc2ccc(N3CCC[C@@H]3c3cc(F)cnc3OS(=O)(=O)C(F)(F)F)nn12. The van der Waals surface area contributed by atoms with Crippen LogP contribution in [0.1, 0.15) is 41.9 Å². The molecule has 0 saturated carbocycles. The molecule has 4 rings (SSSR count). The van der Waals surface area contributed by atoms with Crippen molar-refractivity contribution in [2.24, 2.45) is 0 Å². The van der Waals surface area contributed by atoms with Crippen molar-refractivity contribution in [3.63, 3.8) is 0 Å². The van der Waals surface area contributed by atoms with Gasteiger partial charge in [0.2, 0.25) is 5.88 Å². The van der Waals surface area contributed by atoms with Crippen LogP contribution in [0.4, 0.5) is 23.4 Å². The molecule has 4 heterocycles. The van der Waals surface area contributed by atoms with Crippen molar-refractivity contribution in [2.75, 3.05) is 18.1 Å². The molecule has 1 saturated heterocycles. The second-order valence-corrected chi connectivity index (χ2v) is 8.75. The van der Waals surface area contributed by atoms with E-state index in [4.69, 9.17) is 4.74 Å². The highest BCUT2D eigenvalue weighted by Gasteiger charge is 2.49. The topological polar surface area (TPSA) is 116 Å². The number of nitrogens with zero attached hydrogens (tertiary/aromatic N) is 5. The first kappa shape index (κ1) is 23.7. The van der Waals surface area contributed by atoms with Gasteiger partial charge in [0, 0.05) is 12.1 Å². The van der Waals surface area contributed by atoms with Crippen LogP contribution >= 0.6 is 0 Å². The molecule has 1 fully saturated rings. The van der Waals surface area contributed by atoms with E-state index in [0.29, 0.717) is 31.2 Å². The van der Waals surface area contributed by atoms with Crippen molar-refractivity contribution in [3.8, 4) is 5.88 Å². The Morgan fingerprint density at radius 1 is 1.24 bits per heavy atom. The Bertz CT molecular complexity index is 1340. The van der Waals surface area contributed by atoms with Gasteiger partial charge in [0.25, 0.3) is 0 Å². The number of imidazole rings is 1. The molecule has 1 atom stereocenters. The fourth-order valence-corrected chi connectivity index (χ4v) is 4.07. The third kappa shape index (κ3) is 4.34. The van der Waals surface area contributed by atoms with Gasteiger partial charge in [-0.25, -0.2) is 23.7 Å². The molecule has 0 radical (unpaired) electrons. The Labute approximate surface area is 190 Å². The third-order valence-corrected chi connectivity index (χ3v) is 6.00. The van der Waals surface area contributed by atoms with Crippen LogP contribution in [0, 0.1) is 5.82 Å². The summed E-state index contributed by atoms with van der Waals surface area (Å²) < 4.78 is 86.1. The zero-order valence-corrected chi connectivity index (χ0v) is 18.3. The number of carbonyl (C=O) groups is 1. The smallest absolute Gasteiger partial charge is 0.461 e. The van der Waals surface area contributed by atoms with Crippen LogP contribution in [0.15, 0.2) is 30.6 Å². The molecule has 1 aliphatic heterocycles. The Morgan fingerprint density at radius 3 is 2.71 bits per heavy atom. The Morgan fingerprint density at radius 2 is 2.00 bits per heavy atom. The summed E-state index contributed by atoms with van der Waals surface area (Å²) in [5.74, 6) is -2.14. The highest BCUT2D eigenvalue weighted by molar-refractivity contribution is 7.87. The largest absolute Gasteiger partial charge is 0.534 e. The van der Waals surface area contributed by atoms with Gasteiger partial charge in [0.05, 0.1) is 25.0 Å². The van der Waals surface area contributed by atoms with Gasteiger partial charge in [0.15, 0.2) is 11.3 Å². The van der Waals surface area contributed by atoms with Crippen molar-refractivity contribution in [3.05, 3.63) is 47.7 Å². The highest BCUT2D eigenvalue weighted by atomic mass is 32.2. The lowest BCUT2D eigenvalue weighted by Crippen LogP contribution is -2.30. The standard InChI is InChI=1S/C19H17F4N5O5S/c1-2-32-18(29)14-10-24-15-5-6-16(26-28(14)15)27-7-3-4-13(27)12-8-11(20)9-25-17(12)33-34(30,31)19(21,22)23/h5-6,8-10,13H,2-4,7H2,1H3/t13-/m1/s1.